The molecule has 3 heteroatoms. The highest BCUT2D eigenvalue weighted by Gasteiger charge is 2.26. The molecule has 3 rings (SSSR count). The molecule has 20 heavy (non-hydrogen) atoms. The zero-order valence-electron chi connectivity index (χ0n) is 10.6. The van der Waals surface area contributed by atoms with Gasteiger partial charge in [-0.05, 0) is 47.4 Å². The molecule has 0 amide bonds. The number of carbonyl (C=O) groups excluding carboxylic acids is 1. The third kappa shape index (κ3) is 2.39. The lowest BCUT2D eigenvalue weighted by Gasteiger charge is -2.05. The van der Waals surface area contributed by atoms with Crippen molar-refractivity contribution in [1.29, 1.82) is 0 Å². The van der Waals surface area contributed by atoms with E-state index in [0.717, 1.165) is 28.5 Å². The summed E-state index contributed by atoms with van der Waals surface area (Å²) in [7, 11) is 0. The van der Waals surface area contributed by atoms with Gasteiger partial charge < -0.3 is 4.79 Å². The summed E-state index contributed by atoms with van der Waals surface area (Å²) in [6, 6.07) is 11.9. The molecule has 1 aliphatic carbocycles. The first-order chi connectivity index (χ1) is 9.67. The van der Waals surface area contributed by atoms with Crippen LogP contribution in [-0.2, 0) is 11.2 Å². The Bertz CT molecular complexity index is 689. The fourth-order valence-electron chi connectivity index (χ4n) is 2.64. The lowest BCUT2D eigenvalue weighted by molar-refractivity contribution is -0.108. The van der Waals surface area contributed by atoms with E-state index in [0.29, 0.717) is 11.4 Å². The van der Waals surface area contributed by atoms with Crippen molar-refractivity contribution in [3.63, 3.8) is 0 Å². The minimum atomic E-state index is -0.263. The van der Waals surface area contributed by atoms with E-state index in [1.165, 1.54) is 12.1 Å². The van der Waals surface area contributed by atoms with Gasteiger partial charge in [0.15, 0.2) is 0 Å². The van der Waals surface area contributed by atoms with Gasteiger partial charge in [-0.1, -0.05) is 41.4 Å². The van der Waals surface area contributed by atoms with Crippen LogP contribution in [0, 0.1) is 5.82 Å². The van der Waals surface area contributed by atoms with Gasteiger partial charge in [-0.15, -0.1) is 0 Å². The molecular weight excluding hydrogens is 275 g/mol. The molecule has 2 aromatic carbocycles. The normalized spacial score (nSPS) is 19.1. The van der Waals surface area contributed by atoms with Crippen LogP contribution in [0.2, 0.25) is 5.02 Å². The van der Waals surface area contributed by atoms with Gasteiger partial charge in [0.1, 0.15) is 12.1 Å². The molecule has 0 heterocycles. The lowest BCUT2D eigenvalue weighted by Crippen LogP contribution is -1.97. The van der Waals surface area contributed by atoms with Gasteiger partial charge in [-0.3, -0.25) is 0 Å². The molecule has 0 aliphatic heterocycles. The van der Waals surface area contributed by atoms with Crippen LogP contribution >= 0.6 is 11.6 Å². The number of hydrogen-bond donors (Lipinski definition) is 0. The van der Waals surface area contributed by atoms with Crippen LogP contribution in [0.1, 0.15) is 22.6 Å². The third-order valence-corrected chi connectivity index (χ3v) is 3.83. The largest absolute Gasteiger partial charge is 0.302 e. The number of aldehydes is 1. The van der Waals surface area contributed by atoms with E-state index < -0.39 is 0 Å². The molecule has 1 unspecified atom stereocenters. The highest BCUT2D eigenvalue weighted by Crippen LogP contribution is 2.38. The molecule has 0 bridgehead atoms. The van der Waals surface area contributed by atoms with E-state index in [2.05, 4.69) is 0 Å². The number of benzene rings is 2. The maximum Gasteiger partial charge on any atom is 0.131 e. The average molecular weight is 287 g/mol. The summed E-state index contributed by atoms with van der Waals surface area (Å²) in [5.41, 5.74) is 4.01. The Morgan fingerprint density at radius 2 is 1.90 bits per heavy atom. The second-order valence-electron chi connectivity index (χ2n) is 4.90. The molecule has 1 atom stereocenters. The van der Waals surface area contributed by atoms with Gasteiger partial charge in [0.2, 0.25) is 0 Å². The van der Waals surface area contributed by atoms with Crippen molar-refractivity contribution in [2.45, 2.75) is 12.3 Å². The number of allylic oxidation sites excluding steroid dienone is 1. The van der Waals surface area contributed by atoms with E-state index in [-0.39, 0.29) is 11.7 Å². The molecule has 0 aromatic heterocycles. The van der Waals surface area contributed by atoms with E-state index in [1.54, 1.807) is 18.2 Å². The molecule has 0 saturated heterocycles. The SMILES string of the molecule is O=CC1/C(=C/c2ccc(F)cc2)Cc2cc(Cl)ccc21. The Kier molecular flexibility index (Phi) is 3.41. The quantitative estimate of drug-likeness (QED) is 0.748. The topological polar surface area (TPSA) is 17.1 Å². The standard InChI is InChI=1S/C17H12ClFO/c18-14-3-6-16-13(9-14)8-12(17(16)10-20)7-11-1-4-15(19)5-2-11/h1-7,9-10,17H,8H2/b12-7+. The molecule has 0 radical (unpaired) electrons. The molecule has 1 nitrogen and oxygen atoms in total. The summed E-state index contributed by atoms with van der Waals surface area (Å²) < 4.78 is 12.9. The summed E-state index contributed by atoms with van der Waals surface area (Å²) in [6.07, 6.45) is 3.61. The van der Waals surface area contributed by atoms with Gasteiger partial charge >= 0.3 is 0 Å². The fraction of sp³-hybridized carbons (Fsp3) is 0.118. The first kappa shape index (κ1) is 13.1. The zero-order valence-corrected chi connectivity index (χ0v) is 11.4. The summed E-state index contributed by atoms with van der Waals surface area (Å²) >= 11 is 5.99. The number of halogens is 2. The summed E-state index contributed by atoms with van der Waals surface area (Å²) in [5.74, 6) is -0.493. The predicted octanol–water partition coefficient (Wildman–Crippen LogP) is 4.40. The van der Waals surface area contributed by atoms with Crippen molar-refractivity contribution in [3.05, 3.63) is 75.6 Å². The second-order valence-corrected chi connectivity index (χ2v) is 5.34. The van der Waals surface area contributed by atoms with Crippen LogP contribution in [0.3, 0.4) is 0 Å². The first-order valence-electron chi connectivity index (χ1n) is 6.37. The number of carbonyl (C=O) groups is 1. The highest BCUT2D eigenvalue weighted by molar-refractivity contribution is 6.30. The van der Waals surface area contributed by atoms with Crippen molar-refractivity contribution in [2.24, 2.45) is 0 Å². The molecule has 100 valence electrons. The van der Waals surface area contributed by atoms with Crippen molar-refractivity contribution < 1.29 is 9.18 Å². The van der Waals surface area contributed by atoms with Gasteiger partial charge in [0, 0.05) is 5.02 Å². The van der Waals surface area contributed by atoms with Crippen LogP contribution in [-0.4, -0.2) is 6.29 Å². The Labute approximate surface area is 121 Å². The predicted molar refractivity (Wildman–Crippen MR) is 78.3 cm³/mol. The van der Waals surface area contributed by atoms with Crippen LogP contribution in [0.5, 0.6) is 0 Å². The number of rotatable bonds is 2. The Balaban J connectivity index is 1.99. The van der Waals surface area contributed by atoms with Crippen molar-refractivity contribution >= 4 is 24.0 Å². The lowest BCUT2D eigenvalue weighted by atomic mass is 9.98. The smallest absolute Gasteiger partial charge is 0.131 e. The zero-order chi connectivity index (χ0) is 14.1. The summed E-state index contributed by atoms with van der Waals surface area (Å²) in [6.45, 7) is 0. The molecule has 0 N–H and O–H groups in total. The Morgan fingerprint density at radius 1 is 1.15 bits per heavy atom. The molecular formula is C17H12ClFO. The van der Waals surface area contributed by atoms with E-state index in [1.807, 2.05) is 18.2 Å². The van der Waals surface area contributed by atoms with Crippen LogP contribution < -0.4 is 0 Å². The van der Waals surface area contributed by atoms with Gasteiger partial charge in [0.25, 0.3) is 0 Å². The molecule has 2 aromatic rings. The van der Waals surface area contributed by atoms with E-state index >= 15 is 0 Å². The van der Waals surface area contributed by atoms with Gasteiger partial charge in [-0.2, -0.15) is 0 Å². The summed E-state index contributed by atoms with van der Waals surface area (Å²) in [4.78, 5) is 11.4. The average Bonchev–Trinajstić information content (AvgIpc) is 2.77. The minimum Gasteiger partial charge on any atom is -0.302 e. The monoisotopic (exact) mass is 286 g/mol. The van der Waals surface area contributed by atoms with Crippen molar-refractivity contribution in [2.75, 3.05) is 0 Å². The Morgan fingerprint density at radius 3 is 2.60 bits per heavy atom. The number of hydrogen-bond acceptors (Lipinski definition) is 1. The molecule has 1 aliphatic rings. The van der Waals surface area contributed by atoms with Crippen LogP contribution in [0.15, 0.2) is 48.0 Å². The fourth-order valence-corrected chi connectivity index (χ4v) is 2.83. The van der Waals surface area contributed by atoms with Crippen LogP contribution in [0.25, 0.3) is 6.08 Å². The van der Waals surface area contributed by atoms with Crippen molar-refractivity contribution in [3.8, 4) is 0 Å². The van der Waals surface area contributed by atoms with Crippen LogP contribution in [0.4, 0.5) is 4.39 Å². The highest BCUT2D eigenvalue weighted by atomic mass is 35.5. The van der Waals surface area contributed by atoms with E-state index in [9.17, 15) is 9.18 Å². The summed E-state index contributed by atoms with van der Waals surface area (Å²) in [5, 5.41) is 0.677. The molecule has 0 saturated carbocycles. The second kappa shape index (κ2) is 5.22. The van der Waals surface area contributed by atoms with Crippen molar-refractivity contribution in [1.82, 2.24) is 0 Å². The minimum absolute atomic E-state index is 0.229. The molecule has 0 spiro atoms. The van der Waals surface area contributed by atoms with Gasteiger partial charge in [-0.25, -0.2) is 4.39 Å². The third-order valence-electron chi connectivity index (χ3n) is 3.59. The number of fused-ring (bicyclic) bond motifs is 1. The van der Waals surface area contributed by atoms with Gasteiger partial charge in [0.05, 0.1) is 5.92 Å². The Hall–Kier alpha value is -1.93. The maximum absolute atomic E-state index is 12.9. The maximum atomic E-state index is 12.9. The molecule has 0 fully saturated rings. The first-order valence-corrected chi connectivity index (χ1v) is 6.75. The van der Waals surface area contributed by atoms with E-state index in [4.69, 9.17) is 11.6 Å².